The van der Waals surface area contributed by atoms with Gasteiger partial charge in [-0.05, 0) is 43.6 Å². The lowest BCUT2D eigenvalue weighted by Crippen LogP contribution is -2.39. The van der Waals surface area contributed by atoms with Crippen LogP contribution in [0.1, 0.15) is 51.1 Å². The third-order valence-corrected chi connectivity index (χ3v) is 3.66. The average molecular weight is 292 g/mol. The molecule has 0 fully saturated rings. The first-order valence-electron chi connectivity index (χ1n) is 7.81. The van der Waals surface area contributed by atoms with Gasteiger partial charge >= 0.3 is 0 Å². The molecular weight excluding hydrogens is 264 g/mol. The molecule has 0 aliphatic rings. The number of rotatable bonds is 10. The van der Waals surface area contributed by atoms with Gasteiger partial charge in [0.15, 0.2) is 0 Å². The van der Waals surface area contributed by atoms with Crippen LogP contribution in [0.25, 0.3) is 0 Å². The molecule has 1 amide bonds. The van der Waals surface area contributed by atoms with Crippen LogP contribution in [0.2, 0.25) is 0 Å². The van der Waals surface area contributed by atoms with Crippen LogP contribution >= 0.6 is 0 Å². The Morgan fingerprint density at radius 1 is 1.14 bits per heavy atom. The number of carbonyl (C=O) groups excluding carboxylic acids is 1. The zero-order valence-corrected chi connectivity index (χ0v) is 13.5. The number of nitrogens with zero attached hydrogens (tertiary/aromatic N) is 1. The van der Waals surface area contributed by atoms with Crippen LogP contribution in [0.5, 0.6) is 5.75 Å². The summed E-state index contributed by atoms with van der Waals surface area (Å²) < 4.78 is 5.17. The monoisotopic (exact) mass is 292 g/mol. The van der Waals surface area contributed by atoms with Gasteiger partial charge in [-0.3, -0.25) is 9.69 Å². The summed E-state index contributed by atoms with van der Waals surface area (Å²) in [6.07, 6.45) is 4.36. The minimum absolute atomic E-state index is 0.285. The van der Waals surface area contributed by atoms with Gasteiger partial charge in [-0.2, -0.15) is 0 Å². The predicted octanol–water partition coefficient (Wildman–Crippen LogP) is 3.12. The number of primary amides is 1. The minimum atomic E-state index is -0.353. The first-order valence-corrected chi connectivity index (χ1v) is 7.81. The maximum absolute atomic E-state index is 12.0. The van der Waals surface area contributed by atoms with E-state index in [1.165, 1.54) is 0 Å². The average Bonchev–Trinajstić information content (AvgIpc) is 2.50. The number of amides is 1. The van der Waals surface area contributed by atoms with Gasteiger partial charge in [0, 0.05) is 0 Å². The Hall–Kier alpha value is -1.55. The quantitative estimate of drug-likeness (QED) is 0.721. The number of methoxy groups -OCH3 is 1. The third kappa shape index (κ3) is 5.38. The molecule has 4 nitrogen and oxygen atoms in total. The molecule has 0 unspecified atom stereocenters. The van der Waals surface area contributed by atoms with Crippen molar-refractivity contribution in [3.8, 4) is 5.75 Å². The molecule has 4 heteroatoms. The molecule has 1 aromatic carbocycles. The van der Waals surface area contributed by atoms with Crippen molar-refractivity contribution in [2.75, 3.05) is 20.2 Å². The van der Waals surface area contributed by atoms with Crippen LogP contribution < -0.4 is 10.5 Å². The van der Waals surface area contributed by atoms with Crippen LogP contribution in [0.3, 0.4) is 0 Å². The fourth-order valence-electron chi connectivity index (χ4n) is 2.43. The highest BCUT2D eigenvalue weighted by Crippen LogP contribution is 2.24. The molecule has 118 valence electrons. The van der Waals surface area contributed by atoms with Gasteiger partial charge in [0.2, 0.25) is 5.91 Å². The predicted molar refractivity (Wildman–Crippen MR) is 86.3 cm³/mol. The SMILES string of the molecule is CCCCN(CCCC)[C@@H](C(N)=O)c1ccc(OC)cc1. The van der Waals surface area contributed by atoms with Crippen molar-refractivity contribution in [1.29, 1.82) is 0 Å². The third-order valence-electron chi connectivity index (χ3n) is 3.66. The van der Waals surface area contributed by atoms with E-state index in [0.29, 0.717) is 0 Å². The Morgan fingerprint density at radius 3 is 2.05 bits per heavy atom. The summed E-state index contributed by atoms with van der Waals surface area (Å²) in [4.78, 5) is 14.2. The van der Waals surface area contributed by atoms with Crippen LogP contribution in [0.15, 0.2) is 24.3 Å². The van der Waals surface area contributed by atoms with Crippen molar-refractivity contribution in [2.24, 2.45) is 5.73 Å². The summed E-state index contributed by atoms with van der Waals surface area (Å²) in [5.74, 6) is 0.503. The molecule has 0 aliphatic heterocycles. The van der Waals surface area contributed by atoms with E-state index in [9.17, 15) is 4.79 Å². The molecule has 21 heavy (non-hydrogen) atoms. The van der Waals surface area contributed by atoms with E-state index in [0.717, 1.165) is 50.1 Å². The van der Waals surface area contributed by atoms with E-state index in [1.54, 1.807) is 7.11 Å². The maximum atomic E-state index is 12.0. The Balaban J connectivity index is 2.95. The Kier molecular flexibility index (Phi) is 7.83. The lowest BCUT2D eigenvalue weighted by Gasteiger charge is -2.30. The number of ether oxygens (including phenoxy) is 1. The normalized spacial score (nSPS) is 12.4. The number of unbranched alkanes of at least 4 members (excludes halogenated alkanes) is 2. The number of hydrogen-bond donors (Lipinski definition) is 1. The molecule has 0 saturated heterocycles. The summed E-state index contributed by atoms with van der Waals surface area (Å²) in [5.41, 5.74) is 6.61. The lowest BCUT2D eigenvalue weighted by atomic mass is 10.0. The van der Waals surface area contributed by atoms with E-state index in [-0.39, 0.29) is 11.9 Å². The highest BCUT2D eigenvalue weighted by Gasteiger charge is 2.24. The minimum Gasteiger partial charge on any atom is -0.497 e. The topological polar surface area (TPSA) is 55.6 Å². The van der Waals surface area contributed by atoms with Crippen molar-refractivity contribution in [3.63, 3.8) is 0 Å². The van der Waals surface area contributed by atoms with Crippen molar-refractivity contribution in [1.82, 2.24) is 4.90 Å². The van der Waals surface area contributed by atoms with Crippen LogP contribution in [0.4, 0.5) is 0 Å². The zero-order chi connectivity index (χ0) is 15.7. The summed E-state index contributed by atoms with van der Waals surface area (Å²) >= 11 is 0. The van der Waals surface area contributed by atoms with Gasteiger partial charge in [0.05, 0.1) is 7.11 Å². The number of carbonyl (C=O) groups is 1. The Bertz CT molecular complexity index is 409. The molecular formula is C17H28N2O2. The van der Waals surface area contributed by atoms with Crippen molar-refractivity contribution in [2.45, 2.75) is 45.6 Å². The van der Waals surface area contributed by atoms with Crippen molar-refractivity contribution < 1.29 is 9.53 Å². The number of nitrogens with two attached hydrogens (primary N) is 1. The molecule has 0 bridgehead atoms. The van der Waals surface area contributed by atoms with E-state index in [2.05, 4.69) is 18.7 Å². The maximum Gasteiger partial charge on any atom is 0.239 e. The van der Waals surface area contributed by atoms with Gasteiger partial charge in [0.1, 0.15) is 11.8 Å². The largest absolute Gasteiger partial charge is 0.497 e. The van der Waals surface area contributed by atoms with Gasteiger partial charge in [-0.25, -0.2) is 0 Å². The highest BCUT2D eigenvalue weighted by atomic mass is 16.5. The zero-order valence-electron chi connectivity index (χ0n) is 13.5. The smallest absolute Gasteiger partial charge is 0.239 e. The molecule has 0 saturated carbocycles. The first-order chi connectivity index (χ1) is 10.1. The van der Waals surface area contributed by atoms with Gasteiger partial charge in [0.25, 0.3) is 0 Å². The molecule has 0 heterocycles. The fraction of sp³-hybridized carbons (Fsp3) is 0.588. The van der Waals surface area contributed by atoms with E-state index < -0.39 is 0 Å². The van der Waals surface area contributed by atoms with Crippen LogP contribution in [-0.4, -0.2) is 31.0 Å². The lowest BCUT2D eigenvalue weighted by molar-refractivity contribution is -0.123. The fourth-order valence-corrected chi connectivity index (χ4v) is 2.43. The Morgan fingerprint density at radius 2 is 1.67 bits per heavy atom. The summed E-state index contributed by atoms with van der Waals surface area (Å²) in [7, 11) is 1.63. The van der Waals surface area contributed by atoms with Crippen LogP contribution in [0, 0.1) is 0 Å². The van der Waals surface area contributed by atoms with Gasteiger partial charge in [-0.15, -0.1) is 0 Å². The van der Waals surface area contributed by atoms with Crippen molar-refractivity contribution >= 4 is 5.91 Å². The van der Waals surface area contributed by atoms with E-state index in [4.69, 9.17) is 10.5 Å². The molecule has 1 rings (SSSR count). The molecule has 2 N–H and O–H groups in total. The standard InChI is InChI=1S/C17H28N2O2/c1-4-6-12-19(13-7-5-2)16(17(18)20)14-8-10-15(21-3)11-9-14/h8-11,16H,4-7,12-13H2,1-3H3,(H2,18,20)/t16-/m1/s1. The summed E-state index contributed by atoms with van der Waals surface area (Å²) in [6.45, 7) is 6.11. The summed E-state index contributed by atoms with van der Waals surface area (Å²) in [6, 6.07) is 7.26. The van der Waals surface area contributed by atoms with Gasteiger partial charge < -0.3 is 10.5 Å². The molecule has 0 spiro atoms. The molecule has 1 atom stereocenters. The second-order valence-corrected chi connectivity index (χ2v) is 5.32. The Labute approximate surface area is 128 Å². The molecule has 1 aromatic rings. The second kappa shape index (κ2) is 9.40. The molecule has 0 aromatic heterocycles. The van der Waals surface area contributed by atoms with Crippen molar-refractivity contribution in [3.05, 3.63) is 29.8 Å². The van der Waals surface area contributed by atoms with Crippen LogP contribution in [-0.2, 0) is 4.79 Å². The molecule has 0 radical (unpaired) electrons. The molecule has 0 aliphatic carbocycles. The second-order valence-electron chi connectivity index (χ2n) is 5.32. The first kappa shape index (κ1) is 17.5. The highest BCUT2D eigenvalue weighted by molar-refractivity contribution is 5.81. The van der Waals surface area contributed by atoms with E-state index >= 15 is 0 Å². The number of benzene rings is 1. The summed E-state index contributed by atoms with van der Waals surface area (Å²) in [5, 5.41) is 0. The number of hydrogen-bond acceptors (Lipinski definition) is 3. The van der Waals surface area contributed by atoms with Gasteiger partial charge in [-0.1, -0.05) is 38.8 Å². The van der Waals surface area contributed by atoms with E-state index in [1.807, 2.05) is 24.3 Å².